The number of nitrogens with two attached hydrogens (primary N) is 1. The summed E-state index contributed by atoms with van der Waals surface area (Å²) in [6.07, 6.45) is 3.81. The third-order valence-electron chi connectivity index (χ3n) is 3.57. The van der Waals surface area contributed by atoms with Crippen molar-refractivity contribution in [3.63, 3.8) is 0 Å². The van der Waals surface area contributed by atoms with Gasteiger partial charge in [0.25, 0.3) is 5.91 Å². The molecule has 0 aliphatic heterocycles. The zero-order chi connectivity index (χ0) is 15.2. The van der Waals surface area contributed by atoms with Crippen LogP contribution in [0.15, 0.2) is 18.3 Å². The molecule has 2 aromatic heterocycles. The summed E-state index contributed by atoms with van der Waals surface area (Å²) < 4.78 is 7.82. The second-order valence-electron chi connectivity index (χ2n) is 6.93. The van der Waals surface area contributed by atoms with Crippen LogP contribution in [0.25, 0.3) is 5.52 Å². The van der Waals surface area contributed by atoms with E-state index in [1.165, 1.54) is 6.20 Å². The first-order valence-corrected chi connectivity index (χ1v) is 7.30. The van der Waals surface area contributed by atoms with E-state index in [0.29, 0.717) is 18.1 Å². The van der Waals surface area contributed by atoms with Crippen molar-refractivity contribution in [3.8, 4) is 5.75 Å². The van der Waals surface area contributed by atoms with Crippen molar-refractivity contribution in [2.45, 2.75) is 39.5 Å². The minimum atomic E-state index is -0.449. The van der Waals surface area contributed by atoms with Crippen molar-refractivity contribution >= 4 is 11.4 Å². The average molecular weight is 287 g/mol. The molecule has 0 atom stereocenters. The maximum absolute atomic E-state index is 11.5. The summed E-state index contributed by atoms with van der Waals surface area (Å²) in [7, 11) is 0. The topological polar surface area (TPSA) is 69.6 Å². The van der Waals surface area contributed by atoms with Crippen LogP contribution in [0.2, 0.25) is 0 Å². The zero-order valence-corrected chi connectivity index (χ0v) is 12.7. The summed E-state index contributed by atoms with van der Waals surface area (Å²) in [5, 5.41) is 4.34. The van der Waals surface area contributed by atoms with Gasteiger partial charge in [-0.25, -0.2) is 4.52 Å². The van der Waals surface area contributed by atoms with Gasteiger partial charge in [0.15, 0.2) is 0 Å². The van der Waals surface area contributed by atoms with Gasteiger partial charge in [0.2, 0.25) is 0 Å². The quantitative estimate of drug-likeness (QED) is 0.940. The molecule has 0 radical (unpaired) electrons. The van der Waals surface area contributed by atoms with Crippen LogP contribution in [0.5, 0.6) is 5.75 Å². The Kier molecular flexibility index (Phi) is 3.15. The third kappa shape index (κ3) is 2.73. The molecule has 0 bridgehead atoms. The number of hydrogen-bond acceptors (Lipinski definition) is 3. The van der Waals surface area contributed by atoms with Crippen LogP contribution >= 0.6 is 0 Å². The highest BCUT2D eigenvalue weighted by Gasteiger charge is 2.31. The zero-order valence-electron chi connectivity index (χ0n) is 12.7. The number of fused-ring (bicyclic) bond motifs is 1. The minimum Gasteiger partial charge on any atom is -0.491 e. The number of carbonyl (C=O) groups is 1. The van der Waals surface area contributed by atoms with Crippen molar-refractivity contribution in [1.82, 2.24) is 9.61 Å². The first-order valence-electron chi connectivity index (χ1n) is 7.30. The molecule has 2 aromatic rings. The molecule has 112 valence electrons. The van der Waals surface area contributed by atoms with Gasteiger partial charge in [-0.1, -0.05) is 20.8 Å². The lowest BCUT2D eigenvalue weighted by atomic mass is 9.99. The van der Waals surface area contributed by atoms with Crippen LogP contribution in [0, 0.1) is 5.41 Å². The summed E-state index contributed by atoms with van der Waals surface area (Å²) >= 11 is 0. The lowest BCUT2D eigenvalue weighted by molar-refractivity contribution is 0.100. The van der Waals surface area contributed by atoms with E-state index in [0.717, 1.165) is 29.8 Å². The van der Waals surface area contributed by atoms with Crippen LogP contribution in [0.4, 0.5) is 0 Å². The number of amides is 1. The summed E-state index contributed by atoms with van der Waals surface area (Å²) in [4.78, 5) is 11.5. The second-order valence-corrected chi connectivity index (χ2v) is 6.93. The number of rotatable bonds is 4. The van der Waals surface area contributed by atoms with E-state index in [9.17, 15) is 4.79 Å². The molecule has 0 aromatic carbocycles. The molecule has 1 aliphatic carbocycles. The average Bonchev–Trinajstić information content (AvgIpc) is 3.12. The molecule has 5 nitrogen and oxygen atoms in total. The highest BCUT2D eigenvalue weighted by molar-refractivity contribution is 5.99. The smallest absolute Gasteiger partial charge is 0.252 e. The Bertz CT molecular complexity index is 693. The summed E-state index contributed by atoms with van der Waals surface area (Å²) in [6, 6.07) is 3.79. The third-order valence-corrected chi connectivity index (χ3v) is 3.57. The molecule has 1 fully saturated rings. The molecule has 2 heterocycles. The monoisotopic (exact) mass is 287 g/mol. The fraction of sp³-hybridized carbons (Fsp3) is 0.500. The van der Waals surface area contributed by atoms with Crippen LogP contribution in [-0.4, -0.2) is 22.1 Å². The maximum Gasteiger partial charge on any atom is 0.252 e. The highest BCUT2D eigenvalue weighted by atomic mass is 16.5. The van der Waals surface area contributed by atoms with E-state index in [1.54, 1.807) is 0 Å². The second kappa shape index (κ2) is 4.76. The molecule has 1 aliphatic rings. The van der Waals surface area contributed by atoms with Gasteiger partial charge >= 0.3 is 0 Å². The molecule has 1 saturated carbocycles. The number of primary amides is 1. The van der Waals surface area contributed by atoms with E-state index < -0.39 is 5.91 Å². The normalized spacial score (nSPS) is 15.4. The van der Waals surface area contributed by atoms with Gasteiger partial charge in [-0.05, 0) is 30.4 Å². The van der Waals surface area contributed by atoms with Crippen molar-refractivity contribution in [2.75, 3.05) is 6.61 Å². The van der Waals surface area contributed by atoms with E-state index >= 15 is 0 Å². The van der Waals surface area contributed by atoms with Crippen molar-refractivity contribution in [2.24, 2.45) is 11.1 Å². The first-order chi connectivity index (χ1) is 9.87. The number of hydrogen-bond donors (Lipinski definition) is 1. The van der Waals surface area contributed by atoms with E-state index in [4.69, 9.17) is 10.5 Å². The molecule has 2 N–H and O–H groups in total. The predicted molar refractivity (Wildman–Crippen MR) is 80.6 cm³/mol. The molecule has 21 heavy (non-hydrogen) atoms. The summed E-state index contributed by atoms with van der Waals surface area (Å²) in [5.74, 6) is 0.874. The van der Waals surface area contributed by atoms with Gasteiger partial charge in [-0.3, -0.25) is 4.79 Å². The highest BCUT2D eigenvalue weighted by Crippen LogP contribution is 2.44. The number of ether oxygens (including phenoxy) is 1. The van der Waals surface area contributed by atoms with Gasteiger partial charge in [-0.15, -0.1) is 0 Å². The van der Waals surface area contributed by atoms with Crippen molar-refractivity contribution < 1.29 is 9.53 Å². The van der Waals surface area contributed by atoms with Gasteiger partial charge in [0.05, 0.1) is 29.6 Å². The molecule has 0 unspecified atom stereocenters. The Balaban J connectivity index is 2.05. The van der Waals surface area contributed by atoms with Crippen molar-refractivity contribution in [1.29, 1.82) is 0 Å². The van der Waals surface area contributed by atoms with Crippen LogP contribution < -0.4 is 10.5 Å². The lowest BCUT2D eigenvalue weighted by Gasteiger charge is -2.20. The number of aromatic nitrogens is 2. The molecule has 0 saturated heterocycles. The Morgan fingerprint density at radius 3 is 2.71 bits per heavy atom. The van der Waals surface area contributed by atoms with Gasteiger partial charge < -0.3 is 10.5 Å². The summed E-state index contributed by atoms with van der Waals surface area (Å²) in [6.45, 7) is 7.06. The van der Waals surface area contributed by atoms with Gasteiger partial charge in [0.1, 0.15) is 5.75 Å². The van der Waals surface area contributed by atoms with Crippen LogP contribution in [-0.2, 0) is 0 Å². The molecule has 5 heteroatoms. The SMILES string of the molecule is CC(C)(C)COc1ccc2c(C(N)=O)cnn2c1C1CC1. The molecule has 0 spiro atoms. The maximum atomic E-state index is 11.5. The summed E-state index contributed by atoms with van der Waals surface area (Å²) in [5.41, 5.74) is 7.77. The number of pyridine rings is 1. The molecule has 3 rings (SSSR count). The standard InChI is InChI=1S/C16H21N3O2/c1-16(2,3)9-21-13-7-6-12-11(15(17)20)8-18-19(12)14(13)10-4-5-10/h6-8,10H,4-5,9H2,1-3H3,(H2,17,20). The Labute approximate surface area is 124 Å². The van der Waals surface area contributed by atoms with E-state index in [2.05, 4.69) is 25.9 Å². The van der Waals surface area contributed by atoms with Gasteiger partial charge in [0, 0.05) is 5.92 Å². The van der Waals surface area contributed by atoms with E-state index in [1.807, 2.05) is 16.6 Å². The lowest BCUT2D eigenvalue weighted by Crippen LogP contribution is -2.18. The first kappa shape index (κ1) is 13.9. The molecule has 1 amide bonds. The Hall–Kier alpha value is -2.04. The predicted octanol–water partition coefficient (Wildman–Crippen LogP) is 2.74. The van der Waals surface area contributed by atoms with E-state index in [-0.39, 0.29) is 5.41 Å². The number of nitrogens with zero attached hydrogens (tertiary/aromatic N) is 2. The van der Waals surface area contributed by atoms with Gasteiger partial charge in [-0.2, -0.15) is 5.10 Å². The van der Waals surface area contributed by atoms with Crippen LogP contribution in [0.1, 0.15) is 55.6 Å². The fourth-order valence-corrected chi connectivity index (χ4v) is 2.39. The Morgan fingerprint density at radius 1 is 1.43 bits per heavy atom. The molecular weight excluding hydrogens is 266 g/mol. The molecular formula is C16H21N3O2. The largest absolute Gasteiger partial charge is 0.491 e. The number of carbonyl (C=O) groups excluding carboxylic acids is 1. The van der Waals surface area contributed by atoms with Crippen molar-refractivity contribution in [3.05, 3.63) is 29.6 Å². The fourth-order valence-electron chi connectivity index (χ4n) is 2.39. The Morgan fingerprint density at radius 2 is 2.14 bits per heavy atom. The van der Waals surface area contributed by atoms with Crippen LogP contribution in [0.3, 0.4) is 0 Å². The minimum absolute atomic E-state index is 0.0955.